The molecule has 2 saturated heterocycles. The average Bonchev–Trinajstić information content (AvgIpc) is 3.39. The van der Waals surface area contributed by atoms with E-state index in [1.165, 1.54) is 0 Å². The average molecular weight is 979 g/mol. The molecule has 0 spiro atoms. The summed E-state index contributed by atoms with van der Waals surface area (Å²) in [6.45, 7) is 6.40. The Morgan fingerprint density at radius 3 is 1.45 bits per heavy atom. The molecule has 0 aliphatic carbocycles. The summed E-state index contributed by atoms with van der Waals surface area (Å²) in [6.07, 6.45) is 1.64. The highest BCUT2D eigenvalue weighted by atomic mass is 32.1. The number of likely N-dealkylation sites (N-methyl/N-ethyl adjacent to an activating group) is 1. The Labute approximate surface area is 402 Å². The molecule has 24 heteroatoms. The molecular formula is C43H66N10O12S2. The van der Waals surface area contributed by atoms with Gasteiger partial charge in [-0.2, -0.15) is 9.59 Å². The van der Waals surface area contributed by atoms with Crippen LogP contribution in [0.2, 0.25) is 0 Å². The molecule has 2 fully saturated rings. The predicted molar refractivity (Wildman–Crippen MR) is 257 cm³/mol. The molecule has 2 aliphatic rings. The van der Waals surface area contributed by atoms with Crippen LogP contribution in [0.5, 0.6) is 0 Å². The summed E-state index contributed by atoms with van der Waals surface area (Å²) < 4.78 is 9.96. The topological polar surface area (TPSA) is 266 Å². The van der Waals surface area contributed by atoms with Crippen molar-refractivity contribution in [2.45, 2.75) is 32.4 Å². The number of rotatable bonds is 18. The van der Waals surface area contributed by atoms with Crippen molar-refractivity contribution in [2.24, 2.45) is 0 Å². The largest absolute Gasteiger partial charge is 0.480 e. The zero-order valence-corrected chi connectivity index (χ0v) is 39.1. The van der Waals surface area contributed by atoms with Crippen molar-refractivity contribution in [1.29, 1.82) is 0 Å². The second-order valence-electron chi connectivity index (χ2n) is 15.2. The summed E-state index contributed by atoms with van der Waals surface area (Å²) in [4.78, 5) is 83.4. The van der Waals surface area contributed by atoms with Gasteiger partial charge in [0.1, 0.15) is 13.5 Å². The Balaban J connectivity index is 0.000000626. The third-order valence-corrected chi connectivity index (χ3v) is 11.2. The van der Waals surface area contributed by atoms with Gasteiger partial charge in [0.25, 0.3) is 12.9 Å². The highest BCUT2D eigenvalue weighted by molar-refractivity contribution is 7.80. The van der Waals surface area contributed by atoms with Gasteiger partial charge in [0.15, 0.2) is 10.2 Å². The second-order valence-corrected chi connectivity index (χ2v) is 16.0. The van der Waals surface area contributed by atoms with Gasteiger partial charge in [-0.25, -0.2) is 0 Å². The van der Waals surface area contributed by atoms with Crippen molar-refractivity contribution in [3.8, 4) is 0 Å². The summed E-state index contributed by atoms with van der Waals surface area (Å²) in [7, 11) is 5.51. The minimum Gasteiger partial charge on any atom is -0.480 e. The van der Waals surface area contributed by atoms with E-state index in [0.29, 0.717) is 88.5 Å². The van der Waals surface area contributed by atoms with Crippen molar-refractivity contribution in [1.82, 2.24) is 40.0 Å². The summed E-state index contributed by atoms with van der Waals surface area (Å²) >= 11 is 10.2. The first-order valence-electron chi connectivity index (χ1n) is 20.9. The van der Waals surface area contributed by atoms with E-state index in [1.54, 1.807) is 14.1 Å². The zero-order chi connectivity index (χ0) is 48.9. The van der Waals surface area contributed by atoms with Gasteiger partial charge in [-0.15, -0.1) is 0 Å². The first kappa shape index (κ1) is 59.3. The van der Waals surface area contributed by atoms with Crippen LogP contribution in [0.25, 0.3) is 0 Å². The molecule has 372 valence electrons. The fourth-order valence-corrected chi connectivity index (χ4v) is 7.37. The van der Waals surface area contributed by atoms with E-state index in [9.17, 15) is 34.2 Å². The van der Waals surface area contributed by atoms with E-state index in [0.717, 1.165) is 35.5 Å². The van der Waals surface area contributed by atoms with Crippen LogP contribution >= 0.6 is 24.4 Å². The zero-order valence-electron chi connectivity index (χ0n) is 37.5. The van der Waals surface area contributed by atoms with Crippen molar-refractivity contribution in [3.05, 3.63) is 59.7 Å². The molecule has 4 rings (SSSR count). The van der Waals surface area contributed by atoms with Gasteiger partial charge in [-0.05, 0) is 79.7 Å². The van der Waals surface area contributed by atoms with Crippen LogP contribution in [0, 0.1) is 0 Å². The van der Waals surface area contributed by atoms with Crippen LogP contribution in [-0.4, -0.2) is 224 Å². The Kier molecular flexibility index (Phi) is 29.9. The van der Waals surface area contributed by atoms with E-state index in [-0.39, 0.29) is 58.8 Å². The highest BCUT2D eigenvalue weighted by Crippen LogP contribution is 2.18. The van der Waals surface area contributed by atoms with Crippen LogP contribution in [0.15, 0.2) is 48.5 Å². The smallest absolute Gasteiger partial charge is 0.373 e. The second kappa shape index (κ2) is 33.7. The summed E-state index contributed by atoms with van der Waals surface area (Å²) in [5, 5.41) is 40.8. The van der Waals surface area contributed by atoms with Crippen molar-refractivity contribution in [3.63, 3.8) is 0 Å². The Hall–Kier alpha value is -5.69. The van der Waals surface area contributed by atoms with Gasteiger partial charge in [0, 0.05) is 103 Å². The first-order valence-corrected chi connectivity index (χ1v) is 21.7. The normalized spacial score (nSPS) is 17.8. The molecule has 2 aliphatic heterocycles. The summed E-state index contributed by atoms with van der Waals surface area (Å²) in [5.41, 5.74) is 3.95. The van der Waals surface area contributed by atoms with Gasteiger partial charge in [-0.1, -0.05) is 31.7 Å². The molecule has 2 unspecified atom stereocenters. The van der Waals surface area contributed by atoms with Crippen molar-refractivity contribution < 1.29 is 58.4 Å². The Bertz CT molecular complexity index is 1860. The molecule has 0 aromatic heterocycles. The molecule has 22 nitrogen and oxygen atoms in total. The Morgan fingerprint density at radius 2 is 1.00 bits per heavy atom. The number of carbonyl (C=O) groups excluding carboxylic acids is 4. The van der Waals surface area contributed by atoms with E-state index < -0.39 is 17.9 Å². The standard InChI is InChI=1S/C21H31N5O6S.C20H31N5O4S.CO2.CH4/c1-22-21(33)23-18-4-2-17(3-5-18)10-19-11-25(12-20(29)30)7-6-24(13-31-15-27)8-9-26(19)14-32-16-28;1-21-20(30)22-16-5-3-15(4-6-16)11-17-12-25(14-19(28)29)10-9-24(13-18(26)27)8-7-23(17)2;2-1-3;/h2-5,15-16,19H,6-14H2,1H3,(H,29,30)(H2,22,23,33);3-6,17H,7-14H2,1-2H3,(H,26,27)(H,28,29)(H2,21,22,30);;1H4. The Morgan fingerprint density at radius 1 is 0.627 bits per heavy atom. The molecule has 67 heavy (non-hydrogen) atoms. The molecule has 0 bridgehead atoms. The molecule has 0 radical (unpaired) electrons. The lowest BCUT2D eigenvalue weighted by atomic mass is 10.0. The number of nitrogens with zero attached hydrogens (tertiary/aromatic N) is 6. The van der Waals surface area contributed by atoms with Crippen LogP contribution in [0.1, 0.15) is 18.6 Å². The minimum absolute atomic E-state index is 0. The lowest BCUT2D eigenvalue weighted by Gasteiger charge is -2.33. The molecule has 2 aromatic carbocycles. The first-order chi connectivity index (χ1) is 31.6. The fourth-order valence-electron chi connectivity index (χ4n) is 7.13. The maximum absolute atomic E-state index is 11.4. The van der Waals surface area contributed by atoms with E-state index in [1.807, 2.05) is 80.1 Å². The number of aliphatic carboxylic acids is 3. The highest BCUT2D eigenvalue weighted by Gasteiger charge is 2.27. The van der Waals surface area contributed by atoms with Gasteiger partial charge >= 0.3 is 24.1 Å². The van der Waals surface area contributed by atoms with Crippen LogP contribution < -0.4 is 21.3 Å². The SMILES string of the molecule is C.CNC(=S)Nc1ccc(CC2CN(CC(=O)O)CCN(CC(=O)O)CCN2C)cc1.CNC(=S)Nc1ccc(CC2CN(CC(=O)O)CCN(COC=O)CCN2COC=O)cc1.O=C=O. The lowest BCUT2D eigenvalue weighted by Crippen LogP contribution is -2.48. The molecule has 0 amide bonds. The number of carbonyl (C=O) groups is 5. The molecule has 2 atom stereocenters. The number of ether oxygens (including phenoxy) is 2. The molecule has 2 aromatic rings. The van der Waals surface area contributed by atoms with Gasteiger partial charge in [0.05, 0.1) is 19.6 Å². The molecule has 2 heterocycles. The van der Waals surface area contributed by atoms with Crippen LogP contribution in [0.3, 0.4) is 0 Å². The summed E-state index contributed by atoms with van der Waals surface area (Å²) in [5.74, 6) is -2.67. The number of thiocarbonyl (C=S) groups is 2. The number of hydrogen-bond donors (Lipinski definition) is 7. The number of nitrogens with one attached hydrogen (secondary N) is 4. The monoisotopic (exact) mass is 978 g/mol. The van der Waals surface area contributed by atoms with E-state index >= 15 is 0 Å². The van der Waals surface area contributed by atoms with Gasteiger partial charge in [0.2, 0.25) is 0 Å². The number of carboxylic acids is 3. The fraction of sp³-hybridized carbons (Fsp3) is 0.535. The van der Waals surface area contributed by atoms with Crippen molar-refractivity contribution in [2.75, 3.05) is 130 Å². The third kappa shape index (κ3) is 25.1. The van der Waals surface area contributed by atoms with Crippen LogP contribution in [0.4, 0.5) is 11.4 Å². The number of carboxylic acid groups (broad SMARTS) is 3. The van der Waals surface area contributed by atoms with Crippen molar-refractivity contribution >= 4 is 83.0 Å². The van der Waals surface area contributed by atoms with E-state index in [2.05, 4.69) is 26.2 Å². The quantitative estimate of drug-likeness (QED) is 0.0770. The van der Waals surface area contributed by atoms with Gasteiger partial charge in [-0.3, -0.25) is 48.5 Å². The molecular weight excluding hydrogens is 913 g/mol. The third-order valence-electron chi connectivity index (χ3n) is 10.5. The maximum atomic E-state index is 11.4. The molecule has 0 saturated carbocycles. The minimum atomic E-state index is -0.921. The van der Waals surface area contributed by atoms with E-state index in [4.69, 9.17) is 48.6 Å². The predicted octanol–water partition coefficient (Wildman–Crippen LogP) is 0.0642. The number of benzene rings is 2. The number of anilines is 2. The maximum Gasteiger partial charge on any atom is 0.373 e. The lowest BCUT2D eigenvalue weighted by molar-refractivity contribution is -0.192. The van der Waals surface area contributed by atoms with Gasteiger partial charge < -0.3 is 51.0 Å². The van der Waals surface area contributed by atoms with Crippen LogP contribution in [-0.2, 0) is 55.9 Å². The number of hydrogen-bond acceptors (Lipinski definition) is 17. The molecule has 7 N–H and O–H groups in total. The summed E-state index contributed by atoms with van der Waals surface area (Å²) in [6, 6.07) is 15.9.